The van der Waals surface area contributed by atoms with Gasteiger partial charge in [0.15, 0.2) is 10.8 Å². The molecule has 1 saturated heterocycles. The van der Waals surface area contributed by atoms with Crippen LogP contribution in [0.25, 0.3) is 11.0 Å². The number of benzene rings is 1. The van der Waals surface area contributed by atoms with Crippen LogP contribution in [0, 0.1) is 19.8 Å². The summed E-state index contributed by atoms with van der Waals surface area (Å²) >= 11 is 1.45. The molecule has 1 aliphatic heterocycles. The lowest BCUT2D eigenvalue weighted by molar-refractivity contribution is -0.126. The third-order valence-electron chi connectivity index (χ3n) is 6.18. The molecule has 2 aromatic heterocycles. The Balaban J connectivity index is 1.37. The summed E-state index contributed by atoms with van der Waals surface area (Å²) in [5, 5.41) is 12.1. The molecule has 1 atom stereocenters. The molecule has 1 unspecified atom stereocenters. The standard InChI is InChI=1S/C24H31N7O3S/c1-15-5-6-18(11-16(15)2)30-14-17(12-20(30)32)23(33)26-7-9-31-22-19(13-27-31)21(25-8-10-34-3)28-24(29-22)35-4/h5-6,11,13,17H,7-10,12,14H2,1-4H3,(H,26,33)(H,25,28,29). The van der Waals surface area contributed by atoms with Crippen LogP contribution in [0.4, 0.5) is 11.5 Å². The van der Waals surface area contributed by atoms with Crippen LogP contribution in [0.2, 0.25) is 0 Å². The minimum atomic E-state index is -0.375. The van der Waals surface area contributed by atoms with Crippen LogP contribution in [0.3, 0.4) is 0 Å². The Labute approximate surface area is 208 Å². The van der Waals surface area contributed by atoms with Crippen molar-refractivity contribution in [2.45, 2.75) is 32.0 Å². The minimum absolute atomic E-state index is 0.0266. The molecule has 1 aliphatic rings. The molecular weight excluding hydrogens is 466 g/mol. The first-order valence-corrected chi connectivity index (χ1v) is 12.8. The number of nitrogens with one attached hydrogen (secondary N) is 2. The third kappa shape index (κ3) is 5.57. The zero-order valence-electron chi connectivity index (χ0n) is 20.5. The average molecular weight is 498 g/mol. The molecule has 3 heterocycles. The maximum Gasteiger partial charge on any atom is 0.227 e. The lowest BCUT2D eigenvalue weighted by Crippen LogP contribution is -2.35. The van der Waals surface area contributed by atoms with Crippen LogP contribution >= 0.6 is 11.8 Å². The fourth-order valence-corrected chi connectivity index (χ4v) is 4.41. The summed E-state index contributed by atoms with van der Waals surface area (Å²) in [7, 11) is 1.65. The lowest BCUT2D eigenvalue weighted by Gasteiger charge is -2.18. The number of hydrogen-bond acceptors (Lipinski definition) is 8. The zero-order valence-corrected chi connectivity index (χ0v) is 21.3. The number of methoxy groups -OCH3 is 1. The Morgan fingerprint density at radius 2 is 2.06 bits per heavy atom. The van der Waals surface area contributed by atoms with Gasteiger partial charge in [-0.25, -0.2) is 14.6 Å². The van der Waals surface area contributed by atoms with Crippen LogP contribution in [0.1, 0.15) is 17.5 Å². The number of amides is 2. The highest BCUT2D eigenvalue weighted by Gasteiger charge is 2.35. The van der Waals surface area contributed by atoms with Crippen molar-refractivity contribution in [2.24, 2.45) is 5.92 Å². The van der Waals surface area contributed by atoms with Gasteiger partial charge in [0.05, 0.1) is 30.7 Å². The number of fused-ring (bicyclic) bond motifs is 1. The molecule has 2 amide bonds. The third-order valence-corrected chi connectivity index (χ3v) is 6.73. The molecular formula is C24H31N7O3S. The van der Waals surface area contributed by atoms with Crippen LogP contribution < -0.4 is 15.5 Å². The lowest BCUT2D eigenvalue weighted by atomic mass is 10.1. The van der Waals surface area contributed by atoms with Crippen LogP contribution in [0.15, 0.2) is 29.6 Å². The fourth-order valence-electron chi connectivity index (χ4n) is 4.05. The molecule has 0 bridgehead atoms. The summed E-state index contributed by atoms with van der Waals surface area (Å²) in [5.41, 5.74) is 3.85. The van der Waals surface area contributed by atoms with Gasteiger partial charge in [0, 0.05) is 38.9 Å². The van der Waals surface area contributed by atoms with E-state index in [1.54, 1.807) is 22.9 Å². The van der Waals surface area contributed by atoms with Gasteiger partial charge < -0.3 is 20.3 Å². The van der Waals surface area contributed by atoms with Crippen molar-refractivity contribution in [3.05, 3.63) is 35.5 Å². The van der Waals surface area contributed by atoms with Crippen molar-refractivity contribution >= 4 is 46.1 Å². The molecule has 0 saturated carbocycles. The van der Waals surface area contributed by atoms with Crippen molar-refractivity contribution in [2.75, 3.05) is 49.8 Å². The van der Waals surface area contributed by atoms with Gasteiger partial charge in [-0.15, -0.1) is 0 Å². The van der Waals surface area contributed by atoms with E-state index in [0.29, 0.717) is 49.4 Å². The van der Waals surface area contributed by atoms with E-state index < -0.39 is 0 Å². The Kier molecular flexibility index (Phi) is 7.86. The monoisotopic (exact) mass is 497 g/mol. The minimum Gasteiger partial charge on any atom is -0.383 e. The average Bonchev–Trinajstić information content (AvgIpc) is 3.44. The number of aromatic nitrogens is 4. The number of thioether (sulfide) groups is 1. The van der Waals surface area contributed by atoms with E-state index in [1.165, 1.54) is 17.3 Å². The molecule has 10 nitrogen and oxygen atoms in total. The van der Waals surface area contributed by atoms with E-state index in [1.807, 2.05) is 38.3 Å². The van der Waals surface area contributed by atoms with Crippen molar-refractivity contribution < 1.29 is 14.3 Å². The van der Waals surface area contributed by atoms with Gasteiger partial charge in [0.2, 0.25) is 11.8 Å². The highest BCUT2D eigenvalue weighted by atomic mass is 32.2. The number of carbonyl (C=O) groups is 2. The van der Waals surface area contributed by atoms with Gasteiger partial charge in [0.25, 0.3) is 0 Å². The maximum atomic E-state index is 12.8. The Morgan fingerprint density at radius 3 is 2.80 bits per heavy atom. The van der Waals surface area contributed by atoms with E-state index in [0.717, 1.165) is 16.6 Å². The van der Waals surface area contributed by atoms with Crippen LogP contribution in [-0.2, 0) is 20.9 Å². The summed E-state index contributed by atoms with van der Waals surface area (Å²) in [6.45, 7) is 6.47. The van der Waals surface area contributed by atoms with E-state index >= 15 is 0 Å². The van der Waals surface area contributed by atoms with E-state index in [-0.39, 0.29) is 24.2 Å². The van der Waals surface area contributed by atoms with E-state index in [9.17, 15) is 9.59 Å². The summed E-state index contributed by atoms with van der Waals surface area (Å²) in [6.07, 6.45) is 3.86. The predicted molar refractivity (Wildman–Crippen MR) is 137 cm³/mol. The quantitative estimate of drug-likeness (QED) is 0.249. The Bertz CT molecular complexity index is 1230. The first kappa shape index (κ1) is 24.9. The smallest absolute Gasteiger partial charge is 0.227 e. The Hall–Kier alpha value is -3.18. The van der Waals surface area contributed by atoms with Crippen LogP contribution in [0.5, 0.6) is 0 Å². The number of rotatable bonds is 10. The highest BCUT2D eigenvalue weighted by Crippen LogP contribution is 2.27. The molecule has 3 aromatic rings. The van der Waals surface area contributed by atoms with Gasteiger partial charge in [-0.2, -0.15) is 5.10 Å². The first-order valence-electron chi connectivity index (χ1n) is 11.6. The molecule has 11 heteroatoms. The molecule has 0 radical (unpaired) electrons. The second-order valence-corrected chi connectivity index (χ2v) is 9.32. The fraction of sp³-hybridized carbons (Fsp3) is 0.458. The molecule has 2 N–H and O–H groups in total. The number of hydrogen-bond donors (Lipinski definition) is 2. The largest absolute Gasteiger partial charge is 0.383 e. The summed E-state index contributed by atoms with van der Waals surface area (Å²) in [5.74, 6) is 0.187. The molecule has 1 aromatic carbocycles. The van der Waals surface area contributed by atoms with Gasteiger partial charge in [-0.1, -0.05) is 17.8 Å². The molecule has 4 rings (SSSR count). The predicted octanol–water partition coefficient (Wildman–Crippen LogP) is 2.39. The van der Waals surface area contributed by atoms with Gasteiger partial charge in [-0.3, -0.25) is 9.59 Å². The van der Waals surface area contributed by atoms with Gasteiger partial charge in [-0.05, 0) is 43.4 Å². The number of aryl methyl sites for hydroxylation is 2. The number of nitrogens with zero attached hydrogens (tertiary/aromatic N) is 5. The second kappa shape index (κ2) is 11.0. The summed E-state index contributed by atoms with van der Waals surface area (Å²) < 4.78 is 6.87. The van der Waals surface area contributed by atoms with E-state index in [2.05, 4.69) is 25.7 Å². The Morgan fingerprint density at radius 1 is 1.23 bits per heavy atom. The topological polar surface area (TPSA) is 114 Å². The normalized spacial score (nSPS) is 15.7. The maximum absolute atomic E-state index is 12.8. The second-order valence-electron chi connectivity index (χ2n) is 8.55. The number of carbonyl (C=O) groups excluding carboxylic acids is 2. The van der Waals surface area contributed by atoms with E-state index in [4.69, 9.17) is 4.74 Å². The zero-order chi connectivity index (χ0) is 24.9. The van der Waals surface area contributed by atoms with Gasteiger partial charge >= 0.3 is 0 Å². The molecule has 35 heavy (non-hydrogen) atoms. The molecule has 0 aliphatic carbocycles. The molecule has 1 fully saturated rings. The summed E-state index contributed by atoms with van der Waals surface area (Å²) in [6, 6.07) is 5.94. The first-order chi connectivity index (χ1) is 16.9. The number of anilines is 2. The van der Waals surface area contributed by atoms with Crippen molar-refractivity contribution in [3.63, 3.8) is 0 Å². The van der Waals surface area contributed by atoms with Gasteiger partial charge in [0.1, 0.15) is 5.82 Å². The highest BCUT2D eigenvalue weighted by molar-refractivity contribution is 7.98. The van der Waals surface area contributed by atoms with Crippen molar-refractivity contribution in [3.8, 4) is 0 Å². The molecule has 0 spiro atoms. The summed E-state index contributed by atoms with van der Waals surface area (Å²) in [4.78, 5) is 36.2. The van der Waals surface area contributed by atoms with Crippen molar-refractivity contribution in [1.82, 2.24) is 25.1 Å². The van der Waals surface area contributed by atoms with Crippen molar-refractivity contribution in [1.29, 1.82) is 0 Å². The molecule has 186 valence electrons. The SMILES string of the molecule is COCCNc1nc(SC)nc2c1cnn2CCNC(=O)C1CC(=O)N(c2ccc(C)c(C)c2)C1. The number of ether oxygens (including phenoxy) is 1. The van der Waals surface area contributed by atoms with Crippen LogP contribution in [-0.4, -0.2) is 71.2 Å².